The maximum atomic E-state index is 13.6. The Kier molecular flexibility index (Phi) is 7.86. The van der Waals surface area contributed by atoms with E-state index in [1.807, 2.05) is 36.4 Å². The summed E-state index contributed by atoms with van der Waals surface area (Å²) >= 11 is 1.40. The Morgan fingerprint density at radius 1 is 1.02 bits per heavy atom. The maximum absolute atomic E-state index is 13.6. The van der Waals surface area contributed by atoms with Gasteiger partial charge in [-0.3, -0.25) is 14.6 Å². The molecular weight excluding hydrogens is 520 g/mol. The first-order valence-electron chi connectivity index (χ1n) is 13.9. The van der Waals surface area contributed by atoms with E-state index in [0.29, 0.717) is 12.2 Å². The lowest BCUT2D eigenvalue weighted by Crippen LogP contribution is -2.43. The standard InChI is InChI=1S/C32H32N4O3S/c37-31(34-19-22-12-15-33-16-13-22)28-21-40-29(35-28)20-39-26-11-10-23-14-17-36(32(38)25-8-4-5-9-25)30(27(23)18-26)24-6-2-1-3-7-24/h1-3,6-7,10-13,15-16,18,21,25,30H,4-5,8-9,14,17,19-20H2,(H,34,37). The van der Waals surface area contributed by atoms with Crippen LogP contribution < -0.4 is 10.1 Å². The minimum Gasteiger partial charge on any atom is -0.486 e. The van der Waals surface area contributed by atoms with Gasteiger partial charge in [-0.25, -0.2) is 4.98 Å². The average Bonchev–Trinajstić information content (AvgIpc) is 3.72. The molecule has 2 aliphatic rings. The van der Waals surface area contributed by atoms with Gasteiger partial charge in [-0.05, 0) is 65.8 Å². The number of nitrogens with zero attached hydrogens (tertiary/aromatic N) is 3. The van der Waals surface area contributed by atoms with Gasteiger partial charge in [0.2, 0.25) is 5.91 Å². The van der Waals surface area contributed by atoms with Crippen LogP contribution in [0, 0.1) is 5.92 Å². The Balaban J connectivity index is 1.16. The number of nitrogens with one attached hydrogen (secondary N) is 1. The van der Waals surface area contributed by atoms with Crippen LogP contribution in [0.4, 0.5) is 0 Å². The number of fused-ring (bicyclic) bond motifs is 1. The predicted molar refractivity (Wildman–Crippen MR) is 154 cm³/mol. The summed E-state index contributed by atoms with van der Waals surface area (Å²) in [6.07, 6.45) is 8.50. The zero-order chi connectivity index (χ0) is 27.3. The van der Waals surface area contributed by atoms with Gasteiger partial charge >= 0.3 is 0 Å². The Bertz CT molecular complexity index is 1470. The van der Waals surface area contributed by atoms with E-state index in [1.54, 1.807) is 17.8 Å². The average molecular weight is 553 g/mol. The van der Waals surface area contributed by atoms with Crippen molar-refractivity contribution in [2.45, 2.75) is 51.3 Å². The zero-order valence-corrected chi connectivity index (χ0v) is 23.1. The summed E-state index contributed by atoms with van der Waals surface area (Å²) in [4.78, 5) is 36.8. The second kappa shape index (κ2) is 12.0. The van der Waals surface area contributed by atoms with Gasteiger partial charge in [-0.15, -0.1) is 11.3 Å². The molecule has 0 saturated heterocycles. The molecule has 3 heterocycles. The Labute approximate surface area is 238 Å². The minimum atomic E-state index is -0.217. The number of aromatic nitrogens is 2. The van der Waals surface area contributed by atoms with Crippen molar-refractivity contribution in [3.05, 3.63) is 111 Å². The van der Waals surface area contributed by atoms with Gasteiger partial charge < -0.3 is 15.0 Å². The van der Waals surface area contributed by atoms with E-state index < -0.39 is 0 Å². The van der Waals surface area contributed by atoms with E-state index in [9.17, 15) is 9.59 Å². The van der Waals surface area contributed by atoms with Crippen LogP contribution in [0.5, 0.6) is 5.75 Å². The van der Waals surface area contributed by atoms with Crippen molar-refractivity contribution in [1.29, 1.82) is 0 Å². The van der Waals surface area contributed by atoms with Crippen LogP contribution in [-0.4, -0.2) is 33.2 Å². The van der Waals surface area contributed by atoms with Gasteiger partial charge in [0.25, 0.3) is 5.91 Å². The van der Waals surface area contributed by atoms with Crippen molar-refractivity contribution >= 4 is 23.2 Å². The van der Waals surface area contributed by atoms with Crippen LogP contribution in [0.25, 0.3) is 0 Å². The maximum Gasteiger partial charge on any atom is 0.271 e. The van der Waals surface area contributed by atoms with E-state index >= 15 is 0 Å². The number of carbonyl (C=O) groups excluding carboxylic acids is 2. The van der Waals surface area contributed by atoms with Gasteiger partial charge in [-0.1, -0.05) is 49.2 Å². The monoisotopic (exact) mass is 552 g/mol. The molecule has 1 atom stereocenters. The first-order chi connectivity index (χ1) is 19.7. The minimum absolute atomic E-state index is 0.128. The summed E-state index contributed by atoms with van der Waals surface area (Å²) < 4.78 is 6.17. The highest BCUT2D eigenvalue weighted by molar-refractivity contribution is 7.09. The summed E-state index contributed by atoms with van der Waals surface area (Å²) in [5.41, 5.74) is 4.85. The molecular formula is C32H32N4O3S. The summed E-state index contributed by atoms with van der Waals surface area (Å²) in [6, 6.07) is 20.1. The van der Waals surface area contributed by atoms with Crippen LogP contribution in [-0.2, 0) is 24.4 Å². The fourth-order valence-electron chi connectivity index (χ4n) is 5.72. The molecule has 4 aromatic rings. The molecule has 1 N–H and O–H groups in total. The van der Waals surface area contributed by atoms with Crippen molar-refractivity contribution in [1.82, 2.24) is 20.2 Å². The quantitative estimate of drug-likeness (QED) is 0.303. The topological polar surface area (TPSA) is 84.4 Å². The predicted octanol–water partition coefficient (Wildman–Crippen LogP) is 5.71. The molecule has 8 heteroatoms. The van der Waals surface area contributed by atoms with Gasteiger partial charge in [0.05, 0.1) is 6.04 Å². The molecule has 0 spiro atoms. The molecule has 2 aromatic carbocycles. The number of carbonyl (C=O) groups is 2. The van der Waals surface area contributed by atoms with Gasteiger partial charge in [0.15, 0.2) is 0 Å². The first-order valence-corrected chi connectivity index (χ1v) is 14.8. The summed E-state index contributed by atoms with van der Waals surface area (Å²) in [7, 11) is 0. The second-order valence-corrected chi connectivity index (χ2v) is 11.3. The van der Waals surface area contributed by atoms with E-state index in [0.717, 1.165) is 66.1 Å². The number of pyridine rings is 1. The highest BCUT2D eigenvalue weighted by Crippen LogP contribution is 2.39. The molecule has 1 fully saturated rings. The lowest BCUT2D eigenvalue weighted by atomic mass is 9.87. The molecule has 1 unspecified atom stereocenters. The lowest BCUT2D eigenvalue weighted by Gasteiger charge is -2.39. The normalized spacial score (nSPS) is 16.9. The molecule has 1 saturated carbocycles. The number of hydrogen-bond acceptors (Lipinski definition) is 6. The number of thiazole rings is 1. The van der Waals surface area contributed by atoms with Crippen LogP contribution in [0.3, 0.4) is 0 Å². The molecule has 6 rings (SSSR count). The molecule has 2 amide bonds. The van der Waals surface area contributed by atoms with E-state index in [4.69, 9.17) is 4.74 Å². The van der Waals surface area contributed by atoms with Gasteiger partial charge in [0, 0.05) is 36.8 Å². The fraction of sp³-hybridized carbons (Fsp3) is 0.312. The third-order valence-electron chi connectivity index (χ3n) is 7.80. The van der Waals surface area contributed by atoms with E-state index in [-0.39, 0.29) is 30.4 Å². The number of amides is 2. The number of benzene rings is 2. The van der Waals surface area contributed by atoms with Gasteiger partial charge in [0.1, 0.15) is 23.1 Å². The summed E-state index contributed by atoms with van der Waals surface area (Å²) in [5.74, 6) is 0.925. The molecule has 2 aromatic heterocycles. The molecule has 0 radical (unpaired) electrons. The van der Waals surface area contributed by atoms with E-state index in [2.05, 4.69) is 44.5 Å². The Morgan fingerprint density at radius 2 is 1.82 bits per heavy atom. The Morgan fingerprint density at radius 3 is 2.62 bits per heavy atom. The zero-order valence-electron chi connectivity index (χ0n) is 22.3. The molecule has 1 aliphatic heterocycles. The lowest BCUT2D eigenvalue weighted by molar-refractivity contribution is -0.137. The van der Waals surface area contributed by atoms with Crippen LogP contribution in [0.2, 0.25) is 0 Å². The number of ether oxygens (including phenoxy) is 1. The SMILES string of the molecule is O=C(NCc1ccncc1)c1csc(COc2ccc3c(c2)C(c2ccccc2)N(C(=O)C2CCCC2)CC3)n1. The molecule has 204 valence electrons. The number of hydrogen-bond donors (Lipinski definition) is 1. The van der Waals surface area contributed by atoms with Crippen LogP contribution in [0.1, 0.15) is 69.5 Å². The van der Waals surface area contributed by atoms with E-state index in [1.165, 1.54) is 16.9 Å². The van der Waals surface area contributed by atoms with Crippen LogP contribution >= 0.6 is 11.3 Å². The highest BCUT2D eigenvalue weighted by atomic mass is 32.1. The highest BCUT2D eigenvalue weighted by Gasteiger charge is 2.36. The third kappa shape index (κ3) is 5.77. The van der Waals surface area contributed by atoms with Crippen molar-refractivity contribution in [2.75, 3.05) is 6.54 Å². The van der Waals surface area contributed by atoms with Gasteiger partial charge in [-0.2, -0.15) is 0 Å². The second-order valence-electron chi connectivity index (χ2n) is 10.4. The molecule has 0 bridgehead atoms. The summed E-state index contributed by atoms with van der Waals surface area (Å²) in [5, 5.41) is 5.38. The smallest absolute Gasteiger partial charge is 0.271 e. The molecule has 40 heavy (non-hydrogen) atoms. The molecule has 1 aliphatic carbocycles. The van der Waals surface area contributed by atoms with Crippen LogP contribution in [0.15, 0.2) is 78.4 Å². The first kappa shape index (κ1) is 26.2. The van der Waals surface area contributed by atoms with Crippen molar-refractivity contribution in [3.63, 3.8) is 0 Å². The van der Waals surface area contributed by atoms with Crippen molar-refractivity contribution < 1.29 is 14.3 Å². The largest absolute Gasteiger partial charge is 0.486 e. The Hall–Kier alpha value is -4.04. The third-order valence-corrected chi connectivity index (χ3v) is 8.62. The van der Waals surface area contributed by atoms with Crippen molar-refractivity contribution in [3.8, 4) is 5.75 Å². The molecule has 7 nitrogen and oxygen atoms in total. The fourth-order valence-corrected chi connectivity index (χ4v) is 6.41. The summed E-state index contributed by atoms with van der Waals surface area (Å²) in [6.45, 7) is 1.41. The number of rotatable bonds is 8. The van der Waals surface area contributed by atoms with Crippen molar-refractivity contribution in [2.24, 2.45) is 5.92 Å².